The number of anilines is 1. The smallest absolute Gasteiger partial charge is 0.119 e. The number of nitrogens with one attached hydrogen (secondary N) is 1. The van der Waals surface area contributed by atoms with E-state index in [1.807, 2.05) is 42.5 Å². The van der Waals surface area contributed by atoms with E-state index in [-0.39, 0.29) is 0 Å². The monoisotopic (exact) mass is 282 g/mol. The summed E-state index contributed by atoms with van der Waals surface area (Å²) in [6.45, 7) is 1.27. The second kappa shape index (κ2) is 7.32. The molecular formula is C17H18N2O2. The number of nitrogens with zero attached hydrogens (tertiary/aromatic N) is 1. The van der Waals surface area contributed by atoms with E-state index >= 15 is 0 Å². The molecule has 0 fully saturated rings. The summed E-state index contributed by atoms with van der Waals surface area (Å²) in [6, 6.07) is 15.8. The lowest BCUT2D eigenvalue weighted by Gasteiger charge is -2.10. The van der Waals surface area contributed by atoms with Gasteiger partial charge in [0, 0.05) is 13.7 Å². The first kappa shape index (κ1) is 14.9. The highest BCUT2D eigenvalue weighted by molar-refractivity contribution is 5.71. The van der Waals surface area contributed by atoms with Crippen molar-refractivity contribution in [1.29, 1.82) is 5.26 Å². The van der Waals surface area contributed by atoms with Gasteiger partial charge in [-0.2, -0.15) is 5.26 Å². The van der Waals surface area contributed by atoms with Crippen molar-refractivity contribution < 1.29 is 9.47 Å². The second-order valence-electron chi connectivity index (χ2n) is 4.52. The van der Waals surface area contributed by atoms with Gasteiger partial charge in [-0.15, -0.1) is 0 Å². The van der Waals surface area contributed by atoms with Gasteiger partial charge in [0.25, 0.3) is 0 Å². The van der Waals surface area contributed by atoms with Gasteiger partial charge in [0.2, 0.25) is 0 Å². The van der Waals surface area contributed by atoms with Gasteiger partial charge < -0.3 is 14.8 Å². The molecule has 4 heteroatoms. The van der Waals surface area contributed by atoms with E-state index in [1.54, 1.807) is 14.2 Å². The Morgan fingerprint density at radius 3 is 2.62 bits per heavy atom. The zero-order valence-electron chi connectivity index (χ0n) is 12.2. The minimum atomic E-state index is 0.600. The lowest BCUT2D eigenvalue weighted by atomic mass is 10.0. The van der Waals surface area contributed by atoms with Gasteiger partial charge in [-0.1, -0.05) is 18.2 Å². The third-order valence-corrected chi connectivity index (χ3v) is 3.16. The molecule has 2 aromatic carbocycles. The summed E-state index contributed by atoms with van der Waals surface area (Å²) in [4.78, 5) is 0. The summed E-state index contributed by atoms with van der Waals surface area (Å²) in [5.74, 6) is 0.799. The maximum Gasteiger partial charge on any atom is 0.119 e. The molecule has 0 aliphatic heterocycles. The predicted octanol–water partition coefficient (Wildman–Crippen LogP) is 3.29. The molecule has 0 spiro atoms. The van der Waals surface area contributed by atoms with E-state index in [9.17, 15) is 5.26 Å². The van der Waals surface area contributed by atoms with E-state index in [1.165, 1.54) is 0 Å². The summed E-state index contributed by atoms with van der Waals surface area (Å²) in [6.07, 6.45) is 0. The molecule has 0 aliphatic carbocycles. The Morgan fingerprint density at radius 1 is 1.10 bits per heavy atom. The van der Waals surface area contributed by atoms with Crippen LogP contribution in [0.15, 0.2) is 42.5 Å². The summed E-state index contributed by atoms with van der Waals surface area (Å²) in [5.41, 5.74) is 3.45. The van der Waals surface area contributed by atoms with E-state index in [0.717, 1.165) is 22.6 Å². The molecule has 0 bridgehead atoms. The zero-order chi connectivity index (χ0) is 15.1. The molecule has 0 aliphatic rings. The maximum absolute atomic E-state index is 9.30. The Balaban J connectivity index is 2.28. The van der Waals surface area contributed by atoms with Crippen molar-refractivity contribution >= 4 is 5.69 Å². The molecule has 0 radical (unpaired) electrons. The topological polar surface area (TPSA) is 54.3 Å². The molecule has 1 N–H and O–H groups in total. The third kappa shape index (κ3) is 3.74. The van der Waals surface area contributed by atoms with E-state index in [0.29, 0.717) is 18.7 Å². The van der Waals surface area contributed by atoms with Crippen LogP contribution in [0.4, 0.5) is 5.69 Å². The van der Waals surface area contributed by atoms with Crippen LogP contribution in [0.1, 0.15) is 5.56 Å². The van der Waals surface area contributed by atoms with Gasteiger partial charge in [-0.05, 0) is 35.4 Å². The Morgan fingerprint density at radius 2 is 1.90 bits per heavy atom. The summed E-state index contributed by atoms with van der Waals surface area (Å²) in [7, 11) is 3.29. The van der Waals surface area contributed by atoms with Crippen molar-refractivity contribution in [2.45, 2.75) is 0 Å². The van der Waals surface area contributed by atoms with Gasteiger partial charge in [0.1, 0.15) is 11.8 Å². The fourth-order valence-electron chi connectivity index (χ4n) is 2.06. The van der Waals surface area contributed by atoms with Crippen molar-refractivity contribution in [3.05, 3.63) is 48.0 Å². The summed E-state index contributed by atoms with van der Waals surface area (Å²) >= 11 is 0. The average molecular weight is 282 g/mol. The first-order valence-electron chi connectivity index (χ1n) is 6.70. The highest BCUT2D eigenvalue weighted by Crippen LogP contribution is 2.27. The standard InChI is InChI=1S/C17H18N2O2/c1-20-9-8-19-17-7-6-14(10-15(17)12-18)13-4-3-5-16(11-13)21-2/h3-7,10-11,19H,8-9H2,1-2H3. The molecule has 21 heavy (non-hydrogen) atoms. The number of ether oxygens (including phenoxy) is 2. The van der Waals surface area contributed by atoms with E-state index in [2.05, 4.69) is 11.4 Å². The Labute approximate surface area is 124 Å². The van der Waals surface area contributed by atoms with E-state index in [4.69, 9.17) is 9.47 Å². The first-order chi connectivity index (χ1) is 10.3. The van der Waals surface area contributed by atoms with Crippen LogP contribution < -0.4 is 10.1 Å². The Bertz CT molecular complexity index is 647. The van der Waals surface area contributed by atoms with E-state index < -0.39 is 0 Å². The molecule has 0 amide bonds. The van der Waals surface area contributed by atoms with Crippen LogP contribution in [0.3, 0.4) is 0 Å². The molecule has 0 atom stereocenters. The Hall–Kier alpha value is -2.51. The quantitative estimate of drug-likeness (QED) is 0.826. The summed E-state index contributed by atoms with van der Waals surface area (Å²) < 4.78 is 10.2. The van der Waals surface area contributed by atoms with Crippen molar-refractivity contribution in [1.82, 2.24) is 0 Å². The number of nitriles is 1. The molecule has 0 saturated heterocycles. The molecule has 0 aromatic heterocycles. The second-order valence-corrected chi connectivity index (χ2v) is 4.52. The molecular weight excluding hydrogens is 264 g/mol. The molecule has 4 nitrogen and oxygen atoms in total. The fraction of sp³-hybridized carbons (Fsp3) is 0.235. The summed E-state index contributed by atoms with van der Waals surface area (Å²) in [5, 5.41) is 12.5. The van der Waals surface area contributed by atoms with Crippen molar-refractivity contribution in [2.24, 2.45) is 0 Å². The highest BCUT2D eigenvalue weighted by atomic mass is 16.5. The van der Waals surface area contributed by atoms with Crippen LogP contribution in [0.25, 0.3) is 11.1 Å². The minimum Gasteiger partial charge on any atom is -0.497 e. The molecule has 0 unspecified atom stereocenters. The van der Waals surface area contributed by atoms with Crippen molar-refractivity contribution in [3.63, 3.8) is 0 Å². The van der Waals surface area contributed by atoms with Crippen molar-refractivity contribution in [2.75, 3.05) is 32.7 Å². The van der Waals surface area contributed by atoms with Crippen molar-refractivity contribution in [3.8, 4) is 22.9 Å². The van der Waals surface area contributed by atoms with Gasteiger partial charge in [-0.25, -0.2) is 0 Å². The van der Waals surface area contributed by atoms with Gasteiger partial charge in [-0.3, -0.25) is 0 Å². The van der Waals surface area contributed by atoms with Crippen LogP contribution in [0.5, 0.6) is 5.75 Å². The minimum absolute atomic E-state index is 0.600. The van der Waals surface area contributed by atoms with Crippen LogP contribution in [0, 0.1) is 11.3 Å². The number of hydrogen-bond acceptors (Lipinski definition) is 4. The average Bonchev–Trinajstić information content (AvgIpc) is 2.55. The molecule has 2 aromatic rings. The normalized spacial score (nSPS) is 9.95. The number of methoxy groups -OCH3 is 2. The first-order valence-corrected chi connectivity index (χ1v) is 6.70. The van der Waals surface area contributed by atoms with Gasteiger partial charge >= 0.3 is 0 Å². The number of benzene rings is 2. The van der Waals surface area contributed by atoms with Gasteiger partial charge in [0.05, 0.1) is 25.0 Å². The van der Waals surface area contributed by atoms with Crippen LogP contribution in [0.2, 0.25) is 0 Å². The van der Waals surface area contributed by atoms with Crippen LogP contribution >= 0.6 is 0 Å². The molecule has 108 valence electrons. The maximum atomic E-state index is 9.30. The van der Waals surface area contributed by atoms with Crippen LogP contribution in [-0.2, 0) is 4.74 Å². The lowest BCUT2D eigenvalue weighted by molar-refractivity contribution is 0.211. The largest absolute Gasteiger partial charge is 0.497 e. The Kier molecular flexibility index (Phi) is 5.19. The lowest BCUT2D eigenvalue weighted by Crippen LogP contribution is -2.08. The number of rotatable bonds is 6. The van der Waals surface area contributed by atoms with Gasteiger partial charge in [0.15, 0.2) is 0 Å². The predicted molar refractivity (Wildman–Crippen MR) is 83.5 cm³/mol. The third-order valence-electron chi connectivity index (χ3n) is 3.16. The SMILES string of the molecule is COCCNc1ccc(-c2cccc(OC)c2)cc1C#N. The van der Waals surface area contributed by atoms with Crippen LogP contribution in [-0.4, -0.2) is 27.4 Å². The zero-order valence-corrected chi connectivity index (χ0v) is 12.2. The molecule has 0 saturated carbocycles. The highest BCUT2D eigenvalue weighted by Gasteiger charge is 2.05. The molecule has 2 rings (SSSR count). The number of hydrogen-bond donors (Lipinski definition) is 1. The molecule has 0 heterocycles. The fourth-order valence-corrected chi connectivity index (χ4v) is 2.06.